The van der Waals surface area contributed by atoms with Crippen LogP contribution in [0.1, 0.15) is 77.6 Å². The van der Waals surface area contributed by atoms with Gasteiger partial charge in [-0.25, -0.2) is 0 Å². The molecule has 3 nitrogen and oxygen atoms in total. The fourth-order valence-corrected chi connectivity index (χ4v) is 2.47. The van der Waals surface area contributed by atoms with Crippen LogP contribution in [0.2, 0.25) is 0 Å². The van der Waals surface area contributed by atoms with Crippen LogP contribution < -0.4 is 5.73 Å². The number of hydrogen-bond acceptors (Lipinski definition) is 3. The molecule has 0 aliphatic rings. The summed E-state index contributed by atoms with van der Waals surface area (Å²) in [6.07, 6.45) is 0.0350. The summed E-state index contributed by atoms with van der Waals surface area (Å²) in [5.41, 5.74) is 8.47. The molecule has 0 unspecified atom stereocenters. The largest absolute Gasteiger partial charge is 0.507 e. The van der Waals surface area contributed by atoms with E-state index >= 15 is 0 Å². The summed E-state index contributed by atoms with van der Waals surface area (Å²) >= 11 is 0. The summed E-state index contributed by atoms with van der Waals surface area (Å²) < 4.78 is 0. The normalized spacial score (nSPS) is 15.1. The number of rotatable bonds is 3. The second-order valence-corrected chi connectivity index (χ2v) is 7.97. The predicted octanol–water partition coefficient (Wildman–Crippen LogP) is 4.18. The van der Waals surface area contributed by atoms with Crippen LogP contribution in [0.15, 0.2) is 12.1 Å². The zero-order valence-corrected chi connectivity index (χ0v) is 15.7. The van der Waals surface area contributed by atoms with Crippen molar-refractivity contribution in [1.82, 2.24) is 0 Å². The minimum Gasteiger partial charge on any atom is -0.507 e. The first-order valence-electron chi connectivity index (χ1n) is 7.71. The Kier molecular flexibility index (Phi) is 6.95. The lowest BCUT2D eigenvalue weighted by molar-refractivity contribution is 0.140. The molecular formula is C18H32ClNO2. The second-order valence-electron chi connectivity index (χ2n) is 7.97. The minimum atomic E-state index is -0.574. The van der Waals surface area contributed by atoms with E-state index in [0.29, 0.717) is 12.2 Å². The molecule has 0 aromatic heterocycles. The molecule has 0 radical (unpaired) electrons. The van der Waals surface area contributed by atoms with E-state index in [2.05, 4.69) is 41.5 Å². The smallest absolute Gasteiger partial charge is 0.123 e. The van der Waals surface area contributed by atoms with E-state index in [9.17, 15) is 10.2 Å². The van der Waals surface area contributed by atoms with E-state index in [-0.39, 0.29) is 23.2 Å². The maximum atomic E-state index is 10.7. The van der Waals surface area contributed by atoms with Crippen LogP contribution in [-0.2, 0) is 10.8 Å². The van der Waals surface area contributed by atoms with E-state index < -0.39 is 12.1 Å². The van der Waals surface area contributed by atoms with Gasteiger partial charge in [-0.2, -0.15) is 0 Å². The van der Waals surface area contributed by atoms with Crippen molar-refractivity contribution >= 4 is 12.4 Å². The number of aliphatic hydroxyl groups is 1. The zero-order chi connectivity index (χ0) is 16.6. The molecular weight excluding hydrogens is 298 g/mol. The number of benzene rings is 1. The number of aromatic hydroxyl groups is 1. The number of nitrogens with two attached hydrogens (primary N) is 1. The SMILES string of the molecule is CC[C@@H](O)[C@@H](N)c1cc(C(C)(C)C)c(O)c(C(C)(C)C)c1.Cl. The molecule has 0 spiro atoms. The van der Waals surface area contributed by atoms with Crippen molar-refractivity contribution in [2.45, 2.75) is 77.9 Å². The van der Waals surface area contributed by atoms with Crippen molar-refractivity contribution in [2.75, 3.05) is 0 Å². The predicted molar refractivity (Wildman–Crippen MR) is 96.0 cm³/mol. The van der Waals surface area contributed by atoms with Crippen molar-refractivity contribution in [1.29, 1.82) is 0 Å². The molecule has 0 saturated carbocycles. The molecule has 22 heavy (non-hydrogen) atoms. The van der Waals surface area contributed by atoms with Crippen LogP contribution in [-0.4, -0.2) is 16.3 Å². The standard InChI is InChI=1S/C18H31NO2.ClH/c1-8-14(20)15(19)11-9-12(17(2,3)4)16(21)13(10-11)18(5,6)7;/h9-10,14-15,20-21H,8,19H2,1-7H3;1H/t14-,15+;/m1./s1. The molecule has 4 N–H and O–H groups in total. The molecule has 1 rings (SSSR count). The molecule has 0 amide bonds. The summed E-state index contributed by atoms with van der Waals surface area (Å²) in [6, 6.07) is 3.44. The lowest BCUT2D eigenvalue weighted by Crippen LogP contribution is -2.27. The third-order valence-electron chi connectivity index (χ3n) is 3.97. The second kappa shape index (κ2) is 7.20. The Balaban J connectivity index is 0.00000441. The van der Waals surface area contributed by atoms with Crippen molar-refractivity contribution in [3.63, 3.8) is 0 Å². The molecule has 2 atom stereocenters. The molecule has 0 heterocycles. The maximum Gasteiger partial charge on any atom is 0.123 e. The van der Waals surface area contributed by atoms with Crippen LogP contribution >= 0.6 is 12.4 Å². The van der Waals surface area contributed by atoms with Crippen molar-refractivity contribution < 1.29 is 10.2 Å². The van der Waals surface area contributed by atoms with E-state index in [1.807, 2.05) is 19.1 Å². The number of phenols is 1. The lowest BCUT2D eigenvalue weighted by atomic mass is 9.77. The first-order chi connectivity index (χ1) is 9.39. The Labute approximate surface area is 141 Å². The summed E-state index contributed by atoms with van der Waals surface area (Å²) in [4.78, 5) is 0. The summed E-state index contributed by atoms with van der Waals surface area (Å²) in [5, 5.41) is 20.7. The van der Waals surface area contributed by atoms with Gasteiger partial charge in [-0.15, -0.1) is 12.4 Å². The van der Waals surface area contributed by atoms with E-state index in [1.54, 1.807) is 0 Å². The summed E-state index contributed by atoms with van der Waals surface area (Å²) in [5.74, 6) is 0.344. The van der Waals surface area contributed by atoms with Crippen LogP contribution in [0.3, 0.4) is 0 Å². The van der Waals surface area contributed by atoms with Crippen LogP contribution in [0.4, 0.5) is 0 Å². The van der Waals surface area contributed by atoms with Gasteiger partial charge in [-0.05, 0) is 46.1 Å². The van der Waals surface area contributed by atoms with E-state index in [1.165, 1.54) is 0 Å². The minimum absolute atomic E-state index is 0. The van der Waals surface area contributed by atoms with Gasteiger partial charge in [-0.3, -0.25) is 0 Å². The topological polar surface area (TPSA) is 66.5 Å². The highest BCUT2D eigenvalue weighted by Crippen LogP contribution is 2.41. The fraction of sp³-hybridized carbons (Fsp3) is 0.667. The van der Waals surface area contributed by atoms with Gasteiger partial charge in [0.05, 0.1) is 12.1 Å². The number of halogens is 1. The Bertz CT molecular complexity index is 466. The molecule has 0 saturated heterocycles. The van der Waals surface area contributed by atoms with Gasteiger partial charge in [0.15, 0.2) is 0 Å². The van der Waals surface area contributed by atoms with Crippen LogP contribution in [0.25, 0.3) is 0 Å². The van der Waals surface area contributed by atoms with E-state index in [4.69, 9.17) is 5.73 Å². The van der Waals surface area contributed by atoms with Gasteiger partial charge in [0.25, 0.3) is 0 Å². The summed E-state index contributed by atoms with van der Waals surface area (Å²) in [6.45, 7) is 14.3. The number of hydrogen-bond donors (Lipinski definition) is 3. The van der Waals surface area contributed by atoms with Gasteiger partial charge in [-0.1, -0.05) is 48.5 Å². The highest BCUT2D eigenvalue weighted by Gasteiger charge is 2.28. The molecule has 1 aromatic carbocycles. The van der Waals surface area contributed by atoms with Gasteiger partial charge in [0, 0.05) is 0 Å². The summed E-state index contributed by atoms with van der Waals surface area (Å²) in [7, 11) is 0. The van der Waals surface area contributed by atoms with Crippen LogP contribution in [0.5, 0.6) is 5.75 Å². The average molecular weight is 330 g/mol. The van der Waals surface area contributed by atoms with Crippen molar-refractivity contribution in [3.05, 3.63) is 28.8 Å². The Morgan fingerprint density at radius 3 is 1.64 bits per heavy atom. The molecule has 128 valence electrons. The van der Waals surface area contributed by atoms with Crippen molar-refractivity contribution in [3.8, 4) is 5.75 Å². The zero-order valence-electron chi connectivity index (χ0n) is 14.9. The van der Waals surface area contributed by atoms with Crippen molar-refractivity contribution in [2.24, 2.45) is 5.73 Å². The Hall–Kier alpha value is -0.770. The molecule has 1 aromatic rings. The van der Waals surface area contributed by atoms with E-state index in [0.717, 1.165) is 16.7 Å². The average Bonchev–Trinajstić information content (AvgIpc) is 2.34. The highest BCUT2D eigenvalue weighted by atomic mass is 35.5. The first-order valence-corrected chi connectivity index (χ1v) is 7.71. The van der Waals surface area contributed by atoms with Gasteiger partial charge in [0.2, 0.25) is 0 Å². The third kappa shape index (κ3) is 4.61. The maximum absolute atomic E-state index is 10.7. The lowest BCUT2D eigenvalue weighted by Gasteiger charge is -2.30. The van der Waals surface area contributed by atoms with Crippen LogP contribution in [0, 0.1) is 0 Å². The first kappa shape index (κ1) is 21.2. The Morgan fingerprint density at radius 2 is 1.36 bits per heavy atom. The fourth-order valence-electron chi connectivity index (χ4n) is 2.47. The molecule has 0 aliphatic heterocycles. The molecule has 0 aliphatic carbocycles. The number of phenolic OH excluding ortho intramolecular Hbond substituents is 1. The van der Waals surface area contributed by atoms with Gasteiger partial charge >= 0.3 is 0 Å². The monoisotopic (exact) mass is 329 g/mol. The third-order valence-corrected chi connectivity index (χ3v) is 3.97. The van der Waals surface area contributed by atoms with Gasteiger partial charge < -0.3 is 15.9 Å². The quantitative estimate of drug-likeness (QED) is 0.779. The Morgan fingerprint density at radius 1 is 1.00 bits per heavy atom. The molecule has 4 heteroatoms. The molecule has 0 fully saturated rings. The highest BCUT2D eigenvalue weighted by molar-refractivity contribution is 5.85. The molecule has 0 bridgehead atoms. The number of aliphatic hydroxyl groups excluding tert-OH is 1. The van der Waals surface area contributed by atoms with Gasteiger partial charge in [0.1, 0.15) is 5.75 Å².